The molecule has 1 amide bonds. The number of anilines is 1. The number of hydrogen-bond donors (Lipinski definition) is 1. The molecule has 1 N–H and O–H groups in total. The zero-order chi connectivity index (χ0) is 20.3. The number of aryl methyl sites for hydroxylation is 1. The first-order valence-electron chi connectivity index (χ1n) is 9.46. The van der Waals surface area contributed by atoms with Crippen LogP contribution in [0.15, 0.2) is 47.4 Å². The minimum Gasteiger partial charge on any atom is -0.484 e. The van der Waals surface area contributed by atoms with Gasteiger partial charge in [0.25, 0.3) is 15.9 Å². The minimum absolute atomic E-state index is 0.0908. The Morgan fingerprint density at radius 1 is 1.25 bits per heavy atom. The molecule has 0 saturated carbocycles. The predicted octanol–water partition coefficient (Wildman–Crippen LogP) is 3.04. The molecule has 0 spiro atoms. The van der Waals surface area contributed by atoms with Gasteiger partial charge in [-0.2, -0.15) is 0 Å². The van der Waals surface area contributed by atoms with Crippen molar-refractivity contribution in [3.05, 3.63) is 53.6 Å². The highest BCUT2D eigenvalue weighted by Crippen LogP contribution is 2.33. The van der Waals surface area contributed by atoms with Crippen molar-refractivity contribution in [2.45, 2.75) is 44.6 Å². The van der Waals surface area contributed by atoms with Crippen molar-refractivity contribution >= 4 is 21.6 Å². The van der Waals surface area contributed by atoms with Crippen LogP contribution in [0.3, 0.4) is 0 Å². The number of carbonyl (C=O) groups is 1. The summed E-state index contributed by atoms with van der Waals surface area (Å²) in [4.78, 5) is 12.1. The maximum Gasteiger partial charge on any atom is 0.264 e. The molecule has 6 nitrogen and oxygen atoms in total. The van der Waals surface area contributed by atoms with Gasteiger partial charge in [-0.3, -0.25) is 9.10 Å². The van der Waals surface area contributed by atoms with E-state index in [2.05, 4.69) is 5.32 Å². The number of amides is 1. The zero-order valence-corrected chi connectivity index (χ0v) is 17.3. The topological polar surface area (TPSA) is 75.7 Å². The van der Waals surface area contributed by atoms with Crippen LogP contribution in [-0.4, -0.2) is 33.5 Å². The summed E-state index contributed by atoms with van der Waals surface area (Å²) in [5.74, 6) is 0.305. The second kappa shape index (κ2) is 8.22. The van der Waals surface area contributed by atoms with E-state index >= 15 is 0 Å². The quantitative estimate of drug-likeness (QED) is 0.772. The molecular weight excluding hydrogens is 376 g/mol. The number of sulfonamides is 1. The third kappa shape index (κ3) is 4.14. The van der Waals surface area contributed by atoms with Gasteiger partial charge in [-0.15, -0.1) is 0 Å². The van der Waals surface area contributed by atoms with Gasteiger partial charge < -0.3 is 10.1 Å². The molecule has 1 aliphatic heterocycles. The molecular formula is C21H26N2O4S. The lowest BCUT2D eigenvalue weighted by atomic mass is 10.2. The van der Waals surface area contributed by atoms with Crippen LogP contribution in [-0.2, 0) is 21.2 Å². The molecule has 150 valence electrons. The molecule has 3 rings (SSSR count). The Hall–Kier alpha value is -2.54. The standard InChI is InChI=1S/C21H26N2O4S/c1-4-16(3)22-21(24)14-27-20-10-9-18(13-15(20)2)28(25,26)23-12-11-17-7-5-6-8-19(17)23/h5-10,13,16H,4,11-12,14H2,1-3H3,(H,22,24)/t16-/m0/s1. The van der Waals surface area contributed by atoms with Crippen LogP contribution in [0, 0.1) is 6.92 Å². The molecule has 0 bridgehead atoms. The van der Waals surface area contributed by atoms with Crippen molar-refractivity contribution in [2.75, 3.05) is 17.5 Å². The summed E-state index contributed by atoms with van der Waals surface area (Å²) in [5, 5.41) is 2.83. The minimum atomic E-state index is -3.64. The van der Waals surface area contributed by atoms with Crippen molar-refractivity contribution in [1.82, 2.24) is 5.32 Å². The molecule has 28 heavy (non-hydrogen) atoms. The van der Waals surface area contributed by atoms with E-state index in [9.17, 15) is 13.2 Å². The van der Waals surface area contributed by atoms with Gasteiger partial charge in [0.1, 0.15) is 5.75 Å². The Morgan fingerprint density at radius 2 is 2.00 bits per heavy atom. The number of carbonyl (C=O) groups excluding carboxylic acids is 1. The summed E-state index contributed by atoms with van der Waals surface area (Å²) >= 11 is 0. The molecule has 1 aliphatic rings. The molecule has 0 aromatic heterocycles. The van der Waals surface area contributed by atoms with Gasteiger partial charge in [-0.25, -0.2) is 8.42 Å². The van der Waals surface area contributed by atoms with Crippen LogP contribution in [0.1, 0.15) is 31.4 Å². The third-order valence-corrected chi connectivity index (χ3v) is 6.77. The van der Waals surface area contributed by atoms with E-state index < -0.39 is 10.0 Å². The Balaban J connectivity index is 1.74. The summed E-state index contributed by atoms with van der Waals surface area (Å²) < 4.78 is 33.2. The lowest BCUT2D eigenvalue weighted by Gasteiger charge is -2.20. The summed E-state index contributed by atoms with van der Waals surface area (Å²) in [5.41, 5.74) is 2.45. The fraction of sp³-hybridized carbons (Fsp3) is 0.381. The van der Waals surface area contributed by atoms with Gasteiger partial charge in [0.2, 0.25) is 0 Å². The lowest BCUT2D eigenvalue weighted by molar-refractivity contribution is -0.123. The number of benzene rings is 2. The first-order valence-corrected chi connectivity index (χ1v) is 10.9. The average molecular weight is 403 g/mol. The van der Waals surface area contributed by atoms with Crippen LogP contribution in [0.4, 0.5) is 5.69 Å². The average Bonchev–Trinajstić information content (AvgIpc) is 3.11. The number of ether oxygens (including phenoxy) is 1. The van der Waals surface area contributed by atoms with Gasteiger partial charge in [0, 0.05) is 12.6 Å². The summed E-state index contributed by atoms with van der Waals surface area (Å²) in [6.45, 7) is 6.04. The van der Waals surface area contributed by atoms with Crippen molar-refractivity contribution in [1.29, 1.82) is 0 Å². The first kappa shape index (κ1) is 20.2. The van der Waals surface area contributed by atoms with Crippen molar-refractivity contribution in [3.63, 3.8) is 0 Å². The molecule has 0 fully saturated rings. The smallest absolute Gasteiger partial charge is 0.264 e. The number of nitrogens with one attached hydrogen (secondary N) is 1. The van der Waals surface area contributed by atoms with E-state index in [0.717, 1.165) is 17.7 Å². The second-order valence-electron chi connectivity index (χ2n) is 7.05. The Kier molecular flexibility index (Phi) is 5.93. The van der Waals surface area contributed by atoms with E-state index in [1.807, 2.05) is 38.1 Å². The van der Waals surface area contributed by atoms with Gasteiger partial charge in [0.15, 0.2) is 6.61 Å². The zero-order valence-electron chi connectivity index (χ0n) is 16.4. The van der Waals surface area contributed by atoms with Gasteiger partial charge in [0.05, 0.1) is 10.6 Å². The van der Waals surface area contributed by atoms with Crippen LogP contribution >= 0.6 is 0 Å². The van der Waals surface area contributed by atoms with E-state index in [-0.39, 0.29) is 23.5 Å². The van der Waals surface area contributed by atoms with Crippen molar-refractivity contribution in [2.24, 2.45) is 0 Å². The highest BCUT2D eigenvalue weighted by molar-refractivity contribution is 7.92. The molecule has 7 heteroatoms. The molecule has 1 atom stereocenters. The van der Waals surface area contributed by atoms with E-state index in [1.165, 1.54) is 10.4 Å². The van der Waals surface area contributed by atoms with Crippen LogP contribution in [0.25, 0.3) is 0 Å². The molecule has 0 aliphatic carbocycles. The van der Waals surface area contributed by atoms with E-state index in [1.54, 1.807) is 19.1 Å². The summed E-state index contributed by atoms with van der Waals surface area (Å²) in [7, 11) is -3.64. The number of hydrogen-bond acceptors (Lipinski definition) is 4. The van der Waals surface area contributed by atoms with E-state index in [0.29, 0.717) is 24.3 Å². The van der Waals surface area contributed by atoms with Crippen LogP contribution in [0.2, 0.25) is 0 Å². The van der Waals surface area contributed by atoms with Crippen LogP contribution in [0.5, 0.6) is 5.75 Å². The molecule has 0 saturated heterocycles. The molecule has 0 radical (unpaired) electrons. The fourth-order valence-electron chi connectivity index (χ4n) is 3.19. The maximum atomic E-state index is 13.1. The lowest BCUT2D eigenvalue weighted by Crippen LogP contribution is -2.35. The second-order valence-corrected chi connectivity index (χ2v) is 8.91. The van der Waals surface area contributed by atoms with Crippen LogP contribution < -0.4 is 14.4 Å². The third-order valence-electron chi connectivity index (χ3n) is 4.96. The number of rotatable bonds is 7. The van der Waals surface area contributed by atoms with Gasteiger partial charge in [-0.1, -0.05) is 25.1 Å². The van der Waals surface area contributed by atoms with Crippen molar-refractivity contribution < 1.29 is 17.9 Å². The van der Waals surface area contributed by atoms with Gasteiger partial charge >= 0.3 is 0 Å². The Morgan fingerprint density at radius 3 is 2.71 bits per heavy atom. The van der Waals surface area contributed by atoms with Crippen molar-refractivity contribution in [3.8, 4) is 5.75 Å². The highest BCUT2D eigenvalue weighted by atomic mass is 32.2. The fourth-order valence-corrected chi connectivity index (χ4v) is 4.78. The first-order chi connectivity index (χ1) is 13.3. The molecule has 2 aromatic rings. The Labute approximate surface area is 166 Å². The highest BCUT2D eigenvalue weighted by Gasteiger charge is 2.30. The molecule has 1 heterocycles. The number of fused-ring (bicyclic) bond motifs is 1. The summed E-state index contributed by atoms with van der Waals surface area (Å²) in [6, 6.07) is 12.4. The summed E-state index contributed by atoms with van der Waals surface area (Å²) in [6.07, 6.45) is 1.55. The maximum absolute atomic E-state index is 13.1. The monoisotopic (exact) mass is 402 g/mol. The largest absolute Gasteiger partial charge is 0.484 e. The SMILES string of the molecule is CC[C@H](C)NC(=O)COc1ccc(S(=O)(=O)N2CCc3ccccc32)cc1C. The Bertz CT molecular complexity index is 972. The molecule has 0 unspecified atom stereocenters. The molecule has 2 aromatic carbocycles. The number of nitrogens with zero attached hydrogens (tertiary/aromatic N) is 1. The number of para-hydroxylation sites is 1. The normalized spacial score (nSPS) is 14.5. The van der Waals surface area contributed by atoms with Gasteiger partial charge in [-0.05, 0) is 62.1 Å². The van der Waals surface area contributed by atoms with E-state index in [4.69, 9.17) is 4.74 Å². The predicted molar refractivity (Wildman–Crippen MR) is 109 cm³/mol.